The molecule has 0 radical (unpaired) electrons. The van der Waals surface area contributed by atoms with E-state index in [-0.39, 0.29) is 6.71 Å². The van der Waals surface area contributed by atoms with Crippen molar-refractivity contribution in [2.24, 2.45) is 0 Å². The number of aryl methyl sites for hydroxylation is 4. The van der Waals surface area contributed by atoms with E-state index in [4.69, 9.17) is 18.8 Å². The summed E-state index contributed by atoms with van der Waals surface area (Å²) in [5.74, 6) is 1.85. The maximum atomic E-state index is 6.89. The highest BCUT2D eigenvalue weighted by Gasteiger charge is 2.44. The molecule has 19 rings (SSSR count). The lowest BCUT2D eigenvalue weighted by molar-refractivity contribution is 0.666. The zero-order valence-corrected chi connectivity index (χ0v) is 44.6. The lowest BCUT2D eigenvalue weighted by Crippen LogP contribution is -2.59. The molecule has 17 aromatic rings. The van der Waals surface area contributed by atoms with Crippen LogP contribution in [0.15, 0.2) is 209 Å². The average Bonchev–Trinajstić information content (AvgIpc) is 2.86. The minimum absolute atomic E-state index is 0.207. The second-order valence-electron chi connectivity index (χ2n) is 22.5. The minimum atomic E-state index is -0.207. The number of nitrogens with zero attached hydrogens (tertiary/aromatic N) is 6. The minimum Gasteiger partial charge on any atom is -0.454 e. The van der Waals surface area contributed by atoms with Crippen molar-refractivity contribution in [3.8, 4) is 45.5 Å². The van der Waals surface area contributed by atoms with Crippen molar-refractivity contribution in [1.82, 2.24) is 28.2 Å². The van der Waals surface area contributed by atoms with Gasteiger partial charge in [0.15, 0.2) is 11.2 Å². The summed E-state index contributed by atoms with van der Waals surface area (Å²) in [6, 6.07) is 72.8. The van der Waals surface area contributed by atoms with Gasteiger partial charge in [-0.25, -0.2) is 9.97 Å². The van der Waals surface area contributed by atoms with Crippen LogP contribution in [0.4, 0.5) is 0 Å². The highest BCUT2D eigenvalue weighted by atomic mass is 16.3. The molecule has 0 saturated carbocycles. The Morgan fingerprint density at radius 2 is 0.704 bits per heavy atom. The van der Waals surface area contributed by atoms with E-state index in [0.717, 1.165) is 155 Å². The topological polar surface area (TPSA) is 71.8 Å². The lowest BCUT2D eigenvalue weighted by atomic mass is 9.34. The van der Waals surface area contributed by atoms with Gasteiger partial charge in [0.05, 0.1) is 44.5 Å². The number of fused-ring (bicyclic) bond motifs is 18. The van der Waals surface area contributed by atoms with Gasteiger partial charge in [-0.3, -0.25) is 9.13 Å². The molecule has 0 amide bonds. The molecule has 2 aliphatic heterocycles. The van der Waals surface area contributed by atoms with Gasteiger partial charge in [0, 0.05) is 65.6 Å². The van der Waals surface area contributed by atoms with Crippen molar-refractivity contribution < 1.29 is 8.83 Å². The smallest absolute Gasteiger partial charge is 0.252 e. The van der Waals surface area contributed by atoms with Gasteiger partial charge in [-0.1, -0.05) is 152 Å². The van der Waals surface area contributed by atoms with Crippen LogP contribution < -0.4 is 16.4 Å². The number of hydrogen-bond acceptors (Lipinski definition) is 4. The Morgan fingerprint density at radius 3 is 1.16 bits per heavy atom. The Balaban J connectivity index is 1.01. The van der Waals surface area contributed by atoms with Crippen LogP contribution in [0.2, 0.25) is 0 Å². The normalized spacial score (nSPS) is 12.9. The van der Waals surface area contributed by atoms with Gasteiger partial charge in [0.25, 0.3) is 6.71 Å². The molecular formula is C72H45BN6O2. The molecule has 0 N–H and O–H groups in total. The average molecular weight is 1040 g/mol. The van der Waals surface area contributed by atoms with Crippen molar-refractivity contribution in [2.75, 3.05) is 0 Å². The first-order valence-corrected chi connectivity index (χ1v) is 27.9. The fraction of sp³-hybridized carbons (Fsp3) is 0.0556. The Hall–Kier alpha value is -10.4. The predicted octanol–water partition coefficient (Wildman–Crippen LogP) is 16.1. The molecule has 0 aliphatic carbocycles. The first kappa shape index (κ1) is 43.6. The van der Waals surface area contributed by atoms with Crippen LogP contribution >= 0.6 is 0 Å². The summed E-state index contributed by atoms with van der Waals surface area (Å²) in [5, 5.41) is 8.96. The summed E-state index contributed by atoms with van der Waals surface area (Å²) in [7, 11) is 0. The van der Waals surface area contributed by atoms with Crippen molar-refractivity contribution in [3.05, 3.63) is 222 Å². The molecule has 0 fully saturated rings. The van der Waals surface area contributed by atoms with E-state index in [1.165, 1.54) is 38.6 Å². The highest BCUT2D eigenvalue weighted by molar-refractivity contribution is 7.00. The number of hydrogen-bond donors (Lipinski definition) is 0. The summed E-state index contributed by atoms with van der Waals surface area (Å²) in [5.41, 5.74) is 26.7. The maximum absolute atomic E-state index is 6.89. The summed E-state index contributed by atoms with van der Waals surface area (Å²) in [4.78, 5) is 12.1. The van der Waals surface area contributed by atoms with Gasteiger partial charge < -0.3 is 18.0 Å². The fourth-order valence-corrected chi connectivity index (χ4v) is 15.0. The third kappa shape index (κ3) is 5.36. The summed E-state index contributed by atoms with van der Waals surface area (Å²) in [6.45, 7) is 8.69. The Morgan fingerprint density at radius 1 is 0.333 bits per heavy atom. The second kappa shape index (κ2) is 15.3. The van der Waals surface area contributed by atoms with E-state index in [1.54, 1.807) is 0 Å². The third-order valence-electron chi connectivity index (χ3n) is 18.3. The van der Waals surface area contributed by atoms with Gasteiger partial charge in [-0.2, -0.15) is 0 Å². The first-order chi connectivity index (χ1) is 39.9. The molecule has 0 saturated heterocycles. The van der Waals surface area contributed by atoms with Crippen molar-refractivity contribution in [2.45, 2.75) is 27.7 Å². The van der Waals surface area contributed by atoms with Crippen molar-refractivity contribution in [3.63, 3.8) is 0 Å². The molecule has 0 unspecified atom stereocenters. The molecule has 0 bridgehead atoms. The summed E-state index contributed by atoms with van der Waals surface area (Å²) in [6.07, 6.45) is 0. The molecule has 11 aromatic carbocycles. The Bertz CT molecular complexity index is 5350. The molecule has 6 aromatic heterocycles. The van der Waals surface area contributed by atoms with Gasteiger partial charge in [0.1, 0.15) is 33.8 Å². The molecule has 8 heterocycles. The van der Waals surface area contributed by atoms with E-state index >= 15 is 0 Å². The Labute approximate surface area is 463 Å². The highest BCUT2D eigenvalue weighted by Crippen LogP contribution is 2.47. The molecule has 2 aliphatic rings. The molecule has 9 heteroatoms. The number of rotatable bonds is 4. The second-order valence-corrected chi connectivity index (χ2v) is 22.5. The molecule has 81 heavy (non-hydrogen) atoms. The van der Waals surface area contributed by atoms with Gasteiger partial charge in [-0.15, -0.1) is 0 Å². The molecule has 8 nitrogen and oxygen atoms in total. The van der Waals surface area contributed by atoms with Crippen LogP contribution in [0, 0.1) is 27.7 Å². The van der Waals surface area contributed by atoms with Crippen LogP contribution in [0.5, 0.6) is 0 Å². The fourth-order valence-electron chi connectivity index (χ4n) is 15.0. The number of para-hydroxylation sites is 6. The van der Waals surface area contributed by atoms with Crippen LogP contribution in [0.25, 0.3) is 155 Å². The van der Waals surface area contributed by atoms with E-state index < -0.39 is 0 Å². The van der Waals surface area contributed by atoms with Gasteiger partial charge >= 0.3 is 0 Å². The first-order valence-electron chi connectivity index (χ1n) is 27.9. The van der Waals surface area contributed by atoms with Crippen LogP contribution in [0.1, 0.15) is 22.3 Å². The van der Waals surface area contributed by atoms with Crippen molar-refractivity contribution in [1.29, 1.82) is 0 Å². The van der Waals surface area contributed by atoms with Crippen molar-refractivity contribution >= 4 is 133 Å². The van der Waals surface area contributed by atoms with Crippen LogP contribution in [0.3, 0.4) is 0 Å². The quantitative estimate of drug-likeness (QED) is 0.165. The summed E-state index contributed by atoms with van der Waals surface area (Å²) < 4.78 is 23.7. The van der Waals surface area contributed by atoms with E-state index in [0.29, 0.717) is 0 Å². The number of benzene rings is 11. The number of furan rings is 2. The zero-order chi connectivity index (χ0) is 53.3. The molecular weight excluding hydrogens is 992 g/mol. The van der Waals surface area contributed by atoms with E-state index in [2.05, 4.69) is 246 Å². The maximum Gasteiger partial charge on any atom is 0.252 e. The molecule has 378 valence electrons. The summed E-state index contributed by atoms with van der Waals surface area (Å²) >= 11 is 0. The lowest BCUT2D eigenvalue weighted by Gasteiger charge is -2.34. The third-order valence-corrected chi connectivity index (χ3v) is 18.3. The predicted molar refractivity (Wildman–Crippen MR) is 333 cm³/mol. The van der Waals surface area contributed by atoms with E-state index in [1.807, 2.05) is 0 Å². The standard InChI is InChI=1S/C72H45BN6O2/c1-38-18-13-19-39(2)60(38)71-74-63-65-48(42-22-5-9-28-52(42)76(65)56-32-15-26-46-44-24-7-11-34-58(44)80-69(46)56)36-50-67(63)78(71)54-30-17-31-55-62(54)73(50)51-37-49-43-23-6-10-29-53(43)77(57-33-16-27-47-45-25-8-12-35-59(45)81-70(47)57)66(49)64-68(51)79(55)72(75-64)61-40(3)20-14-21-41(61)4/h5-37H,1-4H3. The van der Waals surface area contributed by atoms with E-state index in [9.17, 15) is 0 Å². The van der Waals surface area contributed by atoms with Gasteiger partial charge in [0.2, 0.25) is 0 Å². The molecule has 0 atom stereocenters. The van der Waals surface area contributed by atoms with Crippen LogP contribution in [-0.4, -0.2) is 34.9 Å². The van der Waals surface area contributed by atoms with Gasteiger partial charge in [-0.05, 0) is 115 Å². The number of aromatic nitrogens is 6. The largest absolute Gasteiger partial charge is 0.454 e. The molecule has 0 spiro atoms. The monoisotopic (exact) mass is 1040 g/mol. The number of imidazole rings is 2. The van der Waals surface area contributed by atoms with Crippen LogP contribution in [-0.2, 0) is 0 Å². The zero-order valence-electron chi connectivity index (χ0n) is 44.6. The SMILES string of the molecule is Cc1cccc(C)c1-c1nc2c3c(cc4c5ccccc5n(-c5cccc6c5oc5ccccc56)c42)B2c4c(cccc4-n4c(-c5c(C)cccc5C)nc5c4c2cc2c4ccccc4n(-c4cccc6c4oc4ccccc46)c25)-n13. The Kier molecular flexibility index (Phi) is 8.21.